The number of carboxylic acid groups (broad SMARTS) is 1. The van der Waals surface area contributed by atoms with E-state index in [1.165, 1.54) is 0 Å². The van der Waals surface area contributed by atoms with Crippen LogP contribution in [0.15, 0.2) is 24.3 Å². The second kappa shape index (κ2) is 6.23. The van der Waals surface area contributed by atoms with Crippen molar-refractivity contribution in [2.24, 2.45) is 0 Å². The molecule has 118 valence electrons. The van der Waals surface area contributed by atoms with Crippen LogP contribution < -0.4 is 5.32 Å². The van der Waals surface area contributed by atoms with Gasteiger partial charge in [-0.3, -0.25) is 4.79 Å². The summed E-state index contributed by atoms with van der Waals surface area (Å²) >= 11 is 7.17. The van der Waals surface area contributed by atoms with Crippen molar-refractivity contribution >= 4 is 54.7 Å². The van der Waals surface area contributed by atoms with Gasteiger partial charge in [0.25, 0.3) is 5.91 Å². The summed E-state index contributed by atoms with van der Waals surface area (Å²) in [5, 5.41) is 12.4. The Hall–Kier alpha value is -1.64. The van der Waals surface area contributed by atoms with Gasteiger partial charge in [0.1, 0.15) is 15.9 Å². The molecular weight excluding hydrogens is 350 g/mol. The molecule has 0 aliphatic rings. The highest BCUT2D eigenvalue weighted by Gasteiger charge is 2.25. The summed E-state index contributed by atoms with van der Waals surface area (Å²) in [7, 11) is -3.54. The number of fused-ring (bicyclic) bond motifs is 1. The van der Waals surface area contributed by atoms with Crippen molar-refractivity contribution < 1.29 is 23.1 Å². The minimum Gasteiger partial charge on any atom is -0.480 e. The molecule has 0 bridgehead atoms. The number of carbonyl (C=O) groups excluding carboxylic acids is 1. The van der Waals surface area contributed by atoms with Gasteiger partial charge in [-0.05, 0) is 18.2 Å². The molecule has 22 heavy (non-hydrogen) atoms. The van der Waals surface area contributed by atoms with Gasteiger partial charge in [0.05, 0.1) is 10.6 Å². The molecule has 2 aromatic rings. The van der Waals surface area contributed by atoms with Crippen LogP contribution in [0.25, 0.3) is 10.1 Å². The number of nitrogens with one attached hydrogen (secondary N) is 1. The Kier molecular flexibility index (Phi) is 4.74. The Morgan fingerprint density at radius 3 is 2.64 bits per heavy atom. The van der Waals surface area contributed by atoms with Crippen LogP contribution in [-0.4, -0.2) is 43.5 Å². The van der Waals surface area contributed by atoms with E-state index >= 15 is 0 Å². The molecule has 0 radical (unpaired) electrons. The summed E-state index contributed by atoms with van der Waals surface area (Å²) in [5.74, 6) is -2.72. The fourth-order valence-corrected chi connectivity index (χ4v) is 3.95. The second-order valence-electron chi connectivity index (χ2n) is 4.72. The molecule has 1 aromatic carbocycles. The minimum atomic E-state index is -3.54. The van der Waals surface area contributed by atoms with E-state index in [1.54, 1.807) is 24.3 Å². The summed E-state index contributed by atoms with van der Waals surface area (Å²) in [6, 6.07) is 5.27. The van der Waals surface area contributed by atoms with Gasteiger partial charge >= 0.3 is 5.97 Å². The maximum Gasteiger partial charge on any atom is 0.327 e. The molecule has 6 nitrogen and oxygen atoms in total. The normalized spacial score (nSPS) is 13.0. The fraction of sp³-hybridized carbons (Fsp3) is 0.231. The van der Waals surface area contributed by atoms with Gasteiger partial charge in [0.15, 0.2) is 0 Å². The fourth-order valence-electron chi connectivity index (χ4n) is 1.84. The number of carbonyl (C=O) groups is 2. The molecule has 1 atom stereocenters. The van der Waals surface area contributed by atoms with Crippen LogP contribution in [-0.2, 0) is 14.6 Å². The first-order chi connectivity index (χ1) is 10.2. The third kappa shape index (κ3) is 3.96. The molecule has 0 unspecified atom stereocenters. The molecule has 0 saturated carbocycles. The van der Waals surface area contributed by atoms with E-state index in [-0.39, 0.29) is 4.88 Å². The maximum atomic E-state index is 12.1. The topological polar surface area (TPSA) is 101 Å². The molecule has 2 N–H and O–H groups in total. The van der Waals surface area contributed by atoms with Crippen LogP contribution in [0.2, 0.25) is 5.02 Å². The largest absolute Gasteiger partial charge is 0.480 e. The first kappa shape index (κ1) is 16.7. The zero-order valence-corrected chi connectivity index (χ0v) is 13.8. The average molecular weight is 362 g/mol. The number of aliphatic carboxylic acids is 1. The van der Waals surface area contributed by atoms with Crippen molar-refractivity contribution in [2.45, 2.75) is 6.04 Å². The van der Waals surface area contributed by atoms with Crippen LogP contribution >= 0.6 is 22.9 Å². The lowest BCUT2D eigenvalue weighted by atomic mass is 10.2. The molecule has 0 fully saturated rings. The number of amides is 1. The quantitative estimate of drug-likeness (QED) is 0.845. The maximum absolute atomic E-state index is 12.1. The van der Waals surface area contributed by atoms with Crippen LogP contribution in [0.4, 0.5) is 0 Å². The summed E-state index contributed by atoms with van der Waals surface area (Å²) < 4.78 is 23.2. The molecule has 1 heterocycles. The van der Waals surface area contributed by atoms with Crippen molar-refractivity contribution in [3.05, 3.63) is 34.2 Å². The number of thiophene rings is 1. The van der Waals surface area contributed by atoms with Crippen molar-refractivity contribution in [1.29, 1.82) is 0 Å². The molecule has 0 saturated heterocycles. The lowest BCUT2D eigenvalue weighted by Gasteiger charge is -2.12. The molecule has 1 amide bonds. The van der Waals surface area contributed by atoms with Gasteiger partial charge in [0, 0.05) is 21.4 Å². The van der Waals surface area contributed by atoms with Crippen LogP contribution in [0.1, 0.15) is 9.67 Å². The van der Waals surface area contributed by atoms with E-state index in [9.17, 15) is 18.0 Å². The SMILES string of the molecule is CS(=O)(=O)C[C@H](NC(=O)c1cc2c(Cl)cccc2s1)C(=O)O. The molecule has 0 aliphatic heterocycles. The van der Waals surface area contributed by atoms with Crippen LogP contribution in [0, 0.1) is 0 Å². The number of sulfone groups is 1. The van der Waals surface area contributed by atoms with Gasteiger partial charge in [-0.2, -0.15) is 0 Å². The summed E-state index contributed by atoms with van der Waals surface area (Å²) in [4.78, 5) is 23.5. The third-order valence-corrected chi connectivity index (χ3v) is 5.17. The number of benzene rings is 1. The molecular formula is C13H12ClNO5S2. The number of carboxylic acids is 1. The summed E-state index contributed by atoms with van der Waals surface area (Å²) in [6.07, 6.45) is 0.911. The Labute approximate surface area is 135 Å². The minimum absolute atomic E-state index is 0.267. The number of rotatable bonds is 5. The third-order valence-electron chi connectivity index (χ3n) is 2.80. The summed E-state index contributed by atoms with van der Waals surface area (Å²) in [5.41, 5.74) is 0. The predicted octanol–water partition coefficient (Wildman–Crippen LogP) is 1.78. The van der Waals surface area contributed by atoms with E-state index < -0.39 is 33.5 Å². The smallest absolute Gasteiger partial charge is 0.327 e. The van der Waals surface area contributed by atoms with Crippen molar-refractivity contribution in [3.63, 3.8) is 0 Å². The van der Waals surface area contributed by atoms with Gasteiger partial charge < -0.3 is 10.4 Å². The zero-order valence-electron chi connectivity index (χ0n) is 11.4. The number of halogens is 1. The van der Waals surface area contributed by atoms with Crippen LogP contribution in [0.3, 0.4) is 0 Å². The van der Waals surface area contributed by atoms with Gasteiger partial charge in [-0.15, -0.1) is 11.3 Å². The van der Waals surface area contributed by atoms with Gasteiger partial charge in [-0.1, -0.05) is 17.7 Å². The Bertz CT molecular complexity index is 843. The Morgan fingerprint density at radius 2 is 2.09 bits per heavy atom. The average Bonchev–Trinajstić information content (AvgIpc) is 2.81. The van der Waals surface area contributed by atoms with E-state index in [4.69, 9.17) is 16.7 Å². The van der Waals surface area contributed by atoms with E-state index in [0.717, 1.165) is 22.3 Å². The summed E-state index contributed by atoms with van der Waals surface area (Å²) in [6.45, 7) is 0. The highest BCUT2D eigenvalue weighted by Crippen LogP contribution is 2.30. The molecule has 0 spiro atoms. The molecule has 2 rings (SSSR count). The van der Waals surface area contributed by atoms with Gasteiger partial charge in [0.2, 0.25) is 0 Å². The van der Waals surface area contributed by atoms with Crippen molar-refractivity contribution in [1.82, 2.24) is 5.32 Å². The molecule has 0 aliphatic carbocycles. The van der Waals surface area contributed by atoms with Gasteiger partial charge in [-0.25, -0.2) is 13.2 Å². The molecule has 1 aromatic heterocycles. The van der Waals surface area contributed by atoms with E-state index in [0.29, 0.717) is 10.4 Å². The monoisotopic (exact) mass is 361 g/mol. The number of hydrogen-bond acceptors (Lipinski definition) is 5. The first-order valence-electron chi connectivity index (χ1n) is 6.07. The van der Waals surface area contributed by atoms with Crippen molar-refractivity contribution in [2.75, 3.05) is 12.0 Å². The molecule has 9 heteroatoms. The predicted molar refractivity (Wildman–Crippen MR) is 85.4 cm³/mol. The van der Waals surface area contributed by atoms with E-state index in [2.05, 4.69) is 5.32 Å². The second-order valence-corrected chi connectivity index (χ2v) is 8.39. The Morgan fingerprint density at radius 1 is 1.41 bits per heavy atom. The lowest BCUT2D eigenvalue weighted by Crippen LogP contribution is -2.45. The highest BCUT2D eigenvalue weighted by molar-refractivity contribution is 7.90. The standard InChI is InChI=1S/C13H12ClNO5S2/c1-22(19,20)6-9(13(17)18)15-12(16)11-5-7-8(14)3-2-4-10(7)21-11/h2-5,9H,6H2,1H3,(H,15,16)(H,17,18)/t9-/m0/s1. The Balaban J connectivity index is 2.25. The van der Waals surface area contributed by atoms with E-state index in [1.807, 2.05) is 0 Å². The van der Waals surface area contributed by atoms with Crippen molar-refractivity contribution in [3.8, 4) is 0 Å². The zero-order chi connectivity index (χ0) is 16.5. The highest BCUT2D eigenvalue weighted by atomic mass is 35.5. The lowest BCUT2D eigenvalue weighted by molar-refractivity contribution is -0.138. The first-order valence-corrected chi connectivity index (χ1v) is 9.32. The van der Waals surface area contributed by atoms with Crippen LogP contribution in [0.5, 0.6) is 0 Å². The number of hydrogen-bond donors (Lipinski definition) is 2.